The lowest BCUT2D eigenvalue weighted by Crippen LogP contribution is -2.61. The zero-order valence-electron chi connectivity index (χ0n) is 11.9. The average Bonchev–Trinajstić information content (AvgIpc) is 1.75. The first-order valence-corrected chi connectivity index (χ1v) is 23.9. The van der Waals surface area contributed by atoms with Gasteiger partial charge in [0.2, 0.25) is 0 Å². The smallest absolute Gasteiger partial charge is 0.0603 e. The summed E-state index contributed by atoms with van der Waals surface area (Å²) in [5.74, 6) is 0. The van der Waals surface area contributed by atoms with E-state index in [1.54, 1.807) is 0 Å². The third-order valence-corrected chi connectivity index (χ3v) is 44.9. The van der Waals surface area contributed by atoms with Crippen molar-refractivity contribution in [2.75, 3.05) is 0 Å². The summed E-state index contributed by atoms with van der Waals surface area (Å²) < 4.78 is 0. The molecule has 0 saturated carbocycles. The van der Waals surface area contributed by atoms with Crippen LogP contribution < -0.4 is 0 Å². The Kier molecular flexibility index (Phi) is 5.49. The molecule has 0 bridgehead atoms. The van der Waals surface area contributed by atoms with E-state index in [9.17, 15) is 5.11 Å². The van der Waals surface area contributed by atoms with Crippen molar-refractivity contribution in [3.63, 3.8) is 0 Å². The van der Waals surface area contributed by atoms with Crippen LogP contribution in [0, 0.1) is 0 Å². The van der Waals surface area contributed by atoms with Gasteiger partial charge in [-0.05, 0) is 0 Å². The molecule has 0 aliphatic heterocycles. The molecule has 0 aromatic heterocycles. The summed E-state index contributed by atoms with van der Waals surface area (Å²) in [7, 11) is -3.14. The van der Waals surface area contributed by atoms with E-state index in [2.05, 4.69) is 52.4 Å². The van der Waals surface area contributed by atoms with Crippen molar-refractivity contribution in [1.82, 2.24) is 0 Å². The van der Waals surface area contributed by atoms with Gasteiger partial charge in [0.05, 0.1) is 7.59 Å². The molecule has 15 heavy (non-hydrogen) atoms. The lowest BCUT2D eigenvalue weighted by Gasteiger charge is -2.35. The first kappa shape index (κ1) is 16.0. The third-order valence-electron chi connectivity index (χ3n) is 2.69. The van der Waals surface area contributed by atoms with Crippen molar-refractivity contribution in [2.24, 2.45) is 0 Å². The van der Waals surface area contributed by atoms with E-state index in [-0.39, 0.29) is 22.9 Å². The average molecular weight is 295 g/mol. The maximum atomic E-state index is 10.5. The summed E-state index contributed by atoms with van der Waals surface area (Å²) in [5, 5.41) is 10.7. The molecule has 0 aliphatic rings. The van der Waals surface area contributed by atoms with Crippen LogP contribution >= 0.6 is 0 Å². The second-order valence-corrected chi connectivity index (χ2v) is 48.9. The first-order chi connectivity index (χ1) is 6.33. The number of hydrogen-bond acceptors (Lipinski definition) is 1. The summed E-state index contributed by atoms with van der Waals surface area (Å²) in [6, 6.07) is 0. The van der Waals surface area contributed by atoms with Gasteiger partial charge < -0.3 is 5.11 Å². The van der Waals surface area contributed by atoms with Gasteiger partial charge in [-0.2, -0.15) is 0 Å². The molecule has 0 aliphatic carbocycles. The minimum atomic E-state index is -1.20. The maximum Gasteiger partial charge on any atom is 0.0603 e. The van der Waals surface area contributed by atoms with Gasteiger partial charge in [0.15, 0.2) is 0 Å². The summed E-state index contributed by atoms with van der Waals surface area (Å²) in [4.78, 5) is 0. The van der Waals surface area contributed by atoms with Gasteiger partial charge in [-0.1, -0.05) is 52.4 Å². The molecule has 0 radical (unpaired) electrons. The molecule has 0 amide bonds. The van der Waals surface area contributed by atoms with Crippen LogP contribution in [0.15, 0.2) is 0 Å². The zero-order valence-corrected chi connectivity index (χ0v) is 17.8. The number of aliphatic hydroxyl groups excluding tert-OH is 1. The van der Waals surface area contributed by atoms with Crippen LogP contribution in [0.25, 0.3) is 0 Å². The Hall–Kier alpha value is 1.04. The second kappa shape index (κ2) is 5.13. The molecule has 0 saturated heterocycles. The molecule has 0 aromatic rings. The summed E-state index contributed by atoms with van der Waals surface area (Å²) in [6.45, 7) is 19.7. The van der Waals surface area contributed by atoms with Crippen molar-refractivity contribution in [1.29, 1.82) is 0 Å². The number of aliphatic hydroxyl groups is 1. The molecule has 1 nitrogen and oxygen atoms in total. The van der Waals surface area contributed by atoms with Gasteiger partial charge in [0, 0.05) is 38.1 Å². The third kappa shape index (κ3) is 7.86. The molecule has 0 spiro atoms. The van der Waals surface area contributed by atoms with Crippen molar-refractivity contribution in [2.45, 2.75) is 57.7 Å². The Labute approximate surface area is 103 Å². The maximum absolute atomic E-state index is 10.5. The van der Waals surface area contributed by atoms with Crippen LogP contribution in [0.2, 0.25) is 52.4 Å². The SMILES string of the molecule is C[Si](C)(C)[SiH2]C(O)[Si](C)(C)[SiH2][Si](C)(C)C. The normalized spacial score (nSPS) is 18.2. The van der Waals surface area contributed by atoms with E-state index < -0.39 is 22.8 Å². The number of rotatable bonds is 5. The largest absolute Gasteiger partial charge is 0.401 e. The van der Waals surface area contributed by atoms with Crippen LogP contribution in [0.4, 0.5) is 0 Å². The first-order valence-electron chi connectivity index (χ1n) is 6.02. The quantitative estimate of drug-likeness (QED) is 0.752. The Balaban J connectivity index is 4.46. The zero-order chi connectivity index (χ0) is 12.5. The van der Waals surface area contributed by atoms with E-state index in [1.807, 2.05) is 0 Å². The van der Waals surface area contributed by atoms with Crippen LogP contribution in [-0.4, -0.2) is 50.8 Å². The Morgan fingerprint density at radius 2 is 1.20 bits per heavy atom. The van der Waals surface area contributed by atoms with Gasteiger partial charge in [-0.3, -0.25) is 0 Å². The monoisotopic (exact) mass is 294 g/mol. The highest BCUT2D eigenvalue weighted by molar-refractivity contribution is 7.54. The van der Waals surface area contributed by atoms with E-state index in [1.165, 1.54) is 0 Å². The standard InChI is InChI=1S/C9H30OSi5/c1-13(2,3)11-9(10)15(7,8)12-14(4,5)6/h9-10H,11-12H2,1-8H3. The van der Waals surface area contributed by atoms with Gasteiger partial charge in [0.1, 0.15) is 0 Å². The topological polar surface area (TPSA) is 20.2 Å². The van der Waals surface area contributed by atoms with Crippen LogP contribution in [0.5, 0.6) is 0 Å². The van der Waals surface area contributed by atoms with Crippen molar-refractivity contribution in [3.8, 4) is 0 Å². The highest BCUT2D eigenvalue weighted by Crippen LogP contribution is 2.15. The molecular formula is C9H30OSi5. The Morgan fingerprint density at radius 1 is 0.800 bits per heavy atom. The fraction of sp³-hybridized carbons (Fsp3) is 1.00. The van der Waals surface area contributed by atoms with E-state index in [4.69, 9.17) is 0 Å². The van der Waals surface area contributed by atoms with Crippen LogP contribution in [0.3, 0.4) is 0 Å². The molecule has 0 aromatic carbocycles. The van der Waals surface area contributed by atoms with Gasteiger partial charge in [-0.25, -0.2) is 0 Å². The molecule has 0 rings (SSSR count). The van der Waals surface area contributed by atoms with E-state index in [0.717, 1.165) is 0 Å². The molecule has 6 heteroatoms. The molecule has 1 N–H and O–H groups in total. The molecule has 0 heterocycles. The fourth-order valence-corrected chi connectivity index (χ4v) is 66.1. The fourth-order valence-electron chi connectivity index (χ4n) is 2.34. The minimum Gasteiger partial charge on any atom is -0.401 e. The Bertz CT molecular complexity index is 204. The summed E-state index contributed by atoms with van der Waals surface area (Å²) >= 11 is 0. The van der Waals surface area contributed by atoms with Gasteiger partial charge >= 0.3 is 0 Å². The summed E-state index contributed by atoms with van der Waals surface area (Å²) in [5.41, 5.74) is 0. The number of hydrogen-bond donors (Lipinski definition) is 1. The van der Waals surface area contributed by atoms with E-state index in [0.29, 0.717) is 0 Å². The highest BCUT2D eigenvalue weighted by atomic mass is 29.6. The lowest BCUT2D eigenvalue weighted by molar-refractivity contribution is 0.321. The van der Waals surface area contributed by atoms with Crippen LogP contribution in [0.1, 0.15) is 0 Å². The van der Waals surface area contributed by atoms with Crippen molar-refractivity contribution < 1.29 is 5.11 Å². The minimum absolute atomic E-state index is 0.0459. The molecule has 1 atom stereocenters. The van der Waals surface area contributed by atoms with E-state index >= 15 is 0 Å². The predicted octanol–water partition coefficient (Wildman–Crippen LogP) is 1.06. The molecule has 92 valence electrons. The van der Waals surface area contributed by atoms with Crippen LogP contribution in [-0.2, 0) is 0 Å². The lowest BCUT2D eigenvalue weighted by atomic mass is 11.6. The second-order valence-electron chi connectivity index (χ2n) is 8.01. The van der Waals surface area contributed by atoms with Gasteiger partial charge in [0.25, 0.3) is 0 Å². The van der Waals surface area contributed by atoms with Crippen molar-refractivity contribution in [3.05, 3.63) is 0 Å². The Morgan fingerprint density at radius 3 is 1.47 bits per heavy atom. The highest BCUT2D eigenvalue weighted by Gasteiger charge is 2.37. The summed E-state index contributed by atoms with van der Waals surface area (Å²) in [6.07, 6.45) is 0. The molecular weight excluding hydrogens is 265 g/mol. The molecule has 1 unspecified atom stereocenters. The van der Waals surface area contributed by atoms with Gasteiger partial charge in [-0.15, -0.1) is 0 Å². The molecule has 0 fully saturated rings. The predicted molar refractivity (Wildman–Crippen MR) is 87.3 cm³/mol. The van der Waals surface area contributed by atoms with Crippen molar-refractivity contribution >= 4 is 40.4 Å².